The molecule has 2 aliphatic heterocycles. The number of hydrogen-bond donors (Lipinski definition) is 0. The number of aryl methyl sites for hydroxylation is 1. The van der Waals surface area contributed by atoms with Crippen molar-refractivity contribution in [3.05, 3.63) is 99.6 Å². The van der Waals surface area contributed by atoms with E-state index < -0.39 is 28.6 Å². The molecule has 1 saturated heterocycles. The Balaban J connectivity index is 1.63. The number of nitro benzene ring substituents is 1. The molecule has 8 heteroatoms. The molecular formula is C25H21N3O5. The SMILES string of the molecule is Cc1ccc(N2C(=O)N(C(=O)c3ccc([N+](=O)[O-])cc3)C3CC2(C)Oc2ccccc23)cc1. The molecule has 2 bridgehead atoms. The molecule has 2 heterocycles. The predicted molar refractivity (Wildman–Crippen MR) is 121 cm³/mol. The lowest BCUT2D eigenvalue weighted by Crippen LogP contribution is -2.67. The average molecular weight is 443 g/mol. The number of amides is 3. The van der Waals surface area contributed by atoms with Crippen LogP contribution in [0.5, 0.6) is 5.75 Å². The normalized spacial score (nSPS) is 21.3. The highest BCUT2D eigenvalue weighted by Gasteiger charge is 2.55. The Morgan fingerprint density at radius 1 is 1.06 bits per heavy atom. The van der Waals surface area contributed by atoms with Crippen molar-refractivity contribution >= 4 is 23.3 Å². The van der Waals surface area contributed by atoms with Crippen molar-refractivity contribution in [1.82, 2.24) is 4.90 Å². The number of fused-ring (bicyclic) bond motifs is 4. The van der Waals surface area contributed by atoms with E-state index in [1.807, 2.05) is 62.4 Å². The van der Waals surface area contributed by atoms with Gasteiger partial charge in [-0.15, -0.1) is 0 Å². The second-order valence-electron chi connectivity index (χ2n) is 8.47. The van der Waals surface area contributed by atoms with Crippen molar-refractivity contribution in [3.8, 4) is 5.75 Å². The van der Waals surface area contributed by atoms with Gasteiger partial charge < -0.3 is 4.74 Å². The lowest BCUT2D eigenvalue weighted by Gasteiger charge is -2.53. The summed E-state index contributed by atoms with van der Waals surface area (Å²) < 4.78 is 6.33. The molecule has 3 aromatic rings. The van der Waals surface area contributed by atoms with Crippen LogP contribution in [-0.4, -0.2) is 27.5 Å². The van der Waals surface area contributed by atoms with Crippen molar-refractivity contribution < 1.29 is 19.2 Å². The van der Waals surface area contributed by atoms with Gasteiger partial charge in [-0.2, -0.15) is 0 Å². The minimum Gasteiger partial charge on any atom is -0.467 e. The fourth-order valence-corrected chi connectivity index (χ4v) is 4.58. The van der Waals surface area contributed by atoms with Gasteiger partial charge in [0.1, 0.15) is 5.75 Å². The number of rotatable bonds is 3. The van der Waals surface area contributed by atoms with Crippen molar-refractivity contribution in [2.75, 3.05) is 4.90 Å². The predicted octanol–water partition coefficient (Wildman–Crippen LogP) is 5.23. The molecule has 3 aromatic carbocycles. The number of urea groups is 1. The first-order valence-corrected chi connectivity index (χ1v) is 10.6. The Hall–Kier alpha value is -4.20. The Morgan fingerprint density at radius 3 is 2.39 bits per heavy atom. The number of para-hydroxylation sites is 1. The minimum atomic E-state index is -0.988. The van der Waals surface area contributed by atoms with E-state index in [0.29, 0.717) is 17.9 Å². The zero-order valence-electron chi connectivity index (χ0n) is 18.1. The Kier molecular flexibility index (Phi) is 4.67. The Labute approximate surface area is 190 Å². The number of ether oxygens (including phenoxy) is 1. The summed E-state index contributed by atoms with van der Waals surface area (Å²) in [6.07, 6.45) is 0.377. The number of nitrogens with zero attached hydrogens (tertiary/aromatic N) is 3. The van der Waals surface area contributed by atoms with Crippen LogP contribution >= 0.6 is 0 Å². The van der Waals surface area contributed by atoms with Gasteiger partial charge in [0.25, 0.3) is 11.6 Å². The molecule has 8 nitrogen and oxygen atoms in total. The third-order valence-electron chi connectivity index (χ3n) is 6.20. The largest absolute Gasteiger partial charge is 0.467 e. The fraction of sp³-hybridized carbons (Fsp3) is 0.200. The van der Waals surface area contributed by atoms with E-state index >= 15 is 0 Å². The lowest BCUT2D eigenvalue weighted by atomic mass is 9.88. The third kappa shape index (κ3) is 3.31. The van der Waals surface area contributed by atoms with Gasteiger partial charge in [-0.05, 0) is 44.2 Å². The van der Waals surface area contributed by atoms with E-state index in [4.69, 9.17) is 4.74 Å². The molecular weight excluding hydrogens is 422 g/mol. The maximum Gasteiger partial charge on any atom is 0.335 e. The number of benzene rings is 3. The van der Waals surface area contributed by atoms with Crippen molar-refractivity contribution in [2.45, 2.75) is 32.0 Å². The third-order valence-corrected chi connectivity index (χ3v) is 6.20. The molecule has 0 radical (unpaired) electrons. The highest BCUT2D eigenvalue weighted by molar-refractivity contribution is 6.10. The minimum absolute atomic E-state index is 0.123. The van der Waals surface area contributed by atoms with Crippen LogP contribution in [0.15, 0.2) is 72.8 Å². The molecule has 2 atom stereocenters. The number of carbonyl (C=O) groups is 2. The number of imide groups is 1. The zero-order chi connectivity index (χ0) is 23.3. The smallest absolute Gasteiger partial charge is 0.335 e. The molecule has 33 heavy (non-hydrogen) atoms. The maximum atomic E-state index is 13.9. The molecule has 0 spiro atoms. The van der Waals surface area contributed by atoms with Gasteiger partial charge in [0.05, 0.1) is 11.0 Å². The van der Waals surface area contributed by atoms with Crippen LogP contribution in [0.4, 0.5) is 16.2 Å². The molecule has 5 rings (SSSR count). The van der Waals surface area contributed by atoms with Crippen LogP contribution < -0.4 is 9.64 Å². The topological polar surface area (TPSA) is 93.0 Å². The van der Waals surface area contributed by atoms with Gasteiger partial charge in [0.15, 0.2) is 5.72 Å². The molecule has 166 valence electrons. The number of nitro groups is 1. The molecule has 1 fully saturated rings. The monoisotopic (exact) mass is 443 g/mol. The second-order valence-corrected chi connectivity index (χ2v) is 8.47. The highest BCUT2D eigenvalue weighted by Crippen LogP contribution is 2.49. The summed E-state index contributed by atoms with van der Waals surface area (Å²) in [5.74, 6) is 0.0955. The second kappa shape index (κ2) is 7.44. The van der Waals surface area contributed by atoms with E-state index in [2.05, 4.69) is 0 Å². The van der Waals surface area contributed by atoms with Gasteiger partial charge in [-0.1, -0.05) is 35.9 Å². The van der Waals surface area contributed by atoms with Crippen molar-refractivity contribution in [1.29, 1.82) is 0 Å². The summed E-state index contributed by atoms with van der Waals surface area (Å²) in [6.45, 7) is 3.80. The van der Waals surface area contributed by atoms with Crippen LogP contribution in [0, 0.1) is 17.0 Å². The van der Waals surface area contributed by atoms with Gasteiger partial charge in [-0.3, -0.25) is 24.7 Å². The van der Waals surface area contributed by atoms with E-state index in [1.165, 1.54) is 34.1 Å². The van der Waals surface area contributed by atoms with E-state index in [0.717, 1.165) is 11.1 Å². The Bertz CT molecular complexity index is 1270. The fourth-order valence-electron chi connectivity index (χ4n) is 4.58. The number of hydrogen-bond acceptors (Lipinski definition) is 5. The van der Waals surface area contributed by atoms with Crippen LogP contribution in [0.2, 0.25) is 0 Å². The quantitative estimate of drug-likeness (QED) is 0.408. The molecule has 3 amide bonds. The first-order chi connectivity index (χ1) is 15.8. The van der Waals surface area contributed by atoms with Crippen LogP contribution in [0.1, 0.15) is 40.9 Å². The van der Waals surface area contributed by atoms with E-state index in [-0.39, 0.29) is 11.3 Å². The van der Waals surface area contributed by atoms with Crippen molar-refractivity contribution in [3.63, 3.8) is 0 Å². The molecule has 0 N–H and O–H groups in total. The summed E-state index contributed by atoms with van der Waals surface area (Å²) in [5.41, 5.74) is 1.50. The van der Waals surface area contributed by atoms with Crippen molar-refractivity contribution in [2.24, 2.45) is 0 Å². The average Bonchev–Trinajstić information content (AvgIpc) is 2.80. The van der Waals surface area contributed by atoms with Gasteiger partial charge in [0, 0.05) is 35.4 Å². The highest BCUT2D eigenvalue weighted by atomic mass is 16.6. The van der Waals surface area contributed by atoms with Crippen LogP contribution in [0.3, 0.4) is 0 Å². The zero-order valence-corrected chi connectivity index (χ0v) is 18.1. The molecule has 0 aromatic heterocycles. The first kappa shape index (κ1) is 20.7. The van der Waals surface area contributed by atoms with Crippen LogP contribution in [0.25, 0.3) is 0 Å². The number of non-ortho nitro benzene ring substituents is 1. The van der Waals surface area contributed by atoms with Gasteiger partial charge in [-0.25, -0.2) is 4.79 Å². The summed E-state index contributed by atoms with van der Waals surface area (Å²) in [4.78, 5) is 40.7. The standard InChI is InChI=1S/C25H21N3O5/c1-16-7-11-18(12-8-16)27-24(30)26(23(29)17-9-13-19(14-10-17)28(31)32)21-15-25(27,2)33-22-6-4-3-5-20(21)22/h3-14,21H,15H2,1-2H3. The lowest BCUT2D eigenvalue weighted by molar-refractivity contribution is -0.384. The van der Waals surface area contributed by atoms with E-state index in [9.17, 15) is 19.7 Å². The molecule has 0 aliphatic carbocycles. The summed E-state index contributed by atoms with van der Waals surface area (Å²) >= 11 is 0. The molecule has 2 unspecified atom stereocenters. The van der Waals surface area contributed by atoms with Crippen LogP contribution in [-0.2, 0) is 0 Å². The first-order valence-electron chi connectivity index (χ1n) is 10.6. The van der Waals surface area contributed by atoms with Gasteiger partial charge >= 0.3 is 6.03 Å². The summed E-state index contributed by atoms with van der Waals surface area (Å²) in [6, 6.07) is 19.1. The molecule has 0 saturated carbocycles. The molecule has 2 aliphatic rings. The maximum absolute atomic E-state index is 13.9. The van der Waals surface area contributed by atoms with E-state index in [1.54, 1.807) is 0 Å². The number of anilines is 1. The summed E-state index contributed by atoms with van der Waals surface area (Å²) in [5, 5.41) is 11.0. The number of carbonyl (C=O) groups excluding carboxylic acids is 2. The summed E-state index contributed by atoms with van der Waals surface area (Å²) in [7, 11) is 0. The van der Waals surface area contributed by atoms with Gasteiger partial charge in [0.2, 0.25) is 0 Å². The Morgan fingerprint density at radius 2 is 1.73 bits per heavy atom.